The van der Waals surface area contributed by atoms with Crippen LogP contribution in [0.5, 0.6) is 0 Å². The van der Waals surface area contributed by atoms with Gasteiger partial charge in [0.1, 0.15) is 12.1 Å². The zero-order valence-corrected chi connectivity index (χ0v) is 13.0. The first-order chi connectivity index (χ1) is 10.1. The molecule has 0 N–H and O–H groups in total. The van der Waals surface area contributed by atoms with Crippen LogP contribution < -0.4 is 0 Å². The largest absolute Gasteiger partial charge is 0.374 e. The Morgan fingerprint density at radius 2 is 2.05 bits per heavy atom. The number of piperazine rings is 1. The van der Waals surface area contributed by atoms with Crippen LogP contribution in [0.25, 0.3) is 0 Å². The number of hydrogen-bond acceptors (Lipinski definition) is 4. The molecule has 3 unspecified atom stereocenters. The lowest BCUT2D eigenvalue weighted by Crippen LogP contribution is -2.63. The molecule has 21 heavy (non-hydrogen) atoms. The number of ether oxygens (including phenoxy) is 1. The van der Waals surface area contributed by atoms with E-state index in [1.807, 2.05) is 6.92 Å². The van der Waals surface area contributed by atoms with Crippen LogP contribution >= 0.6 is 0 Å². The van der Waals surface area contributed by atoms with Gasteiger partial charge in [-0.15, -0.1) is 0 Å². The second kappa shape index (κ2) is 5.93. The van der Waals surface area contributed by atoms with Crippen LogP contribution in [0.1, 0.15) is 26.7 Å². The fourth-order valence-electron chi connectivity index (χ4n) is 3.69. The first-order valence-electron chi connectivity index (χ1n) is 8.06. The van der Waals surface area contributed by atoms with Gasteiger partial charge in [0.15, 0.2) is 0 Å². The minimum atomic E-state index is -0.354. The molecule has 3 aliphatic heterocycles. The van der Waals surface area contributed by atoms with Gasteiger partial charge in [0.2, 0.25) is 11.8 Å². The Morgan fingerprint density at radius 3 is 2.81 bits per heavy atom. The van der Waals surface area contributed by atoms with E-state index in [1.165, 1.54) is 0 Å². The molecule has 0 radical (unpaired) electrons. The first kappa shape index (κ1) is 14.8. The molecule has 118 valence electrons. The molecular weight excluding hydrogens is 270 g/mol. The summed E-state index contributed by atoms with van der Waals surface area (Å²) >= 11 is 0. The monoisotopic (exact) mass is 295 g/mol. The molecule has 3 fully saturated rings. The highest BCUT2D eigenvalue weighted by molar-refractivity contribution is 5.97. The summed E-state index contributed by atoms with van der Waals surface area (Å²) in [4.78, 5) is 30.9. The Hall–Kier alpha value is -1.14. The fourth-order valence-corrected chi connectivity index (χ4v) is 3.69. The topological polar surface area (TPSA) is 53.1 Å². The van der Waals surface area contributed by atoms with Crippen LogP contribution in [0.3, 0.4) is 0 Å². The average molecular weight is 295 g/mol. The number of carbonyl (C=O) groups is 2. The molecule has 2 amide bonds. The van der Waals surface area contributed by atoms with Gasteiger partial charge in [-0.05, 0) is 26.3 Å². The van der Waals surface area contributed by atoms with Gasteiger partial charge >= 0.3 is 0 Å². The summed E-state index contributed by atoms with van der Waals surface area (Å²) in [6, 6.07) is -0.577. The predicted molar refractivity (Wildman–Crippen MR) is 77.8 cm³/mol. The highest BCUT2D eigenvalue weighted by atomic mass is 16.5. The van der Waals surface area contributed by atoms with Crippen molar-refractivity contribution in [3.05, 3.63) is 0 Å². The van der Waals surface area contributed by atoms with Crippen molar-refractivity contribution in [3.8, 4) is 0 Å². The lowest BCUT2D eigenvalue weighted by atomic mass is 10.1. The zero-order chi connectivity index (χ0) is 15.0. The number of amides is 2. The predicted octanol–water partition coefficient (Wildman–Crippen LogP) is -0.0712. The summed E-state index contributed by atoms with van der Waals surface area (Å²) < 4.78 is 5.80. The maximum absolute atomic E-state index is 12.7. The van der Waals surface area contributed by atoms with Crippen molar-refractivity contribution in [2.24, 2.45) is 0 Å². The van der Waals surface area contributed by atoms with Crippen molar-refractivity contribution in [3.63, 3.8) is 0 Å². The molecule has 0 aromatic rings. The summed E-state index contributed by atoms with van der Waals surface area (Å²) in [5.74, 6) is 0.206. The van der Waals surface area contributed by atoms with Gasteiger partial charge in [-0.2, -0.15) is 0 Å². The van der Waals surface area contributed by atoms with E-state index in [9.17, 15) is 9.59 Å². The summed E-state index contributed by atoms with van der Waals surface area (Å²) in [6.45, 7) is 8.74. The van der Waals surface area contributed by atoms with E-state index in [0.29, 0.717) is 13.2 Å². The molecule has 3 aliphatic rings. The van der Waals surface area contributed by atoms with Crippen molar-refractivity contribution in [1.29, 1.82) is 0 Å². The van der Waals surface area contributed by atoms with Crippen LogP contribution in [0.15, 0.2) is 0 Å². The van der Waals surface area contributed by atoms with E-state index < -0.39 is 0 Å². The van der Waals surface area contributed by atoms with E-state index in [2.05, 4.69) is 11.8 Å². The third-order valence-corrected chi connectivity index (χ3v) is 5.00. The fraction of sp³-hybridized carbons (Fsp3) is 0.867. The van der Waals surface area contributed by atoms with Crippen molar-refractivity contribution >= 4 is 11.8 Å². The average Bonchev–Trinajstić information content (AvgIpc) is 2.99. The SMILES string of the molecule is CCN1CCOC(CN2C(=O)C3CCCN3C(=O)C2C)C1. The molecule has 3 heterocycles. The van der Waals surface area contributed by atoms with Gasteiger partial charge in [-0.25, -0.2) is 0 Å². The Bertz CT molecular complexity index is 428. The second-order valence-electron chi connectivity index (χ2n) is 6.24. The number of likely N-dealkylation sites (N-methyl/N-ethyl adjacent to an activating group) is 1. The normalized spacial score (nSPS) is 34.5. The summed E-state index contributed by atoms with van der Waals surface area (Å²) in [6.07, 6.45) is 1.76. The van der Waals surface area contributed by atoms with Gasteiger partial charge in [-0.3, -0.25) is 14.5 Å². The van der Waals surface area contributed by atoms with E-state index in [1.54, 1.807) is 9.80 Å². The Kier molecular flexibility index (Phi) is 4.17. The van der Waals surface area contributed by atoms with Crippen LogP contribution in [-0.2, 0) is 14.3 Å². The van der Waals surface area contributed by atoms with E-state index in [-0.39, 0.29) is 30.0 Å². The van der Waals surface area contributed by atoms with Crippen molar-refractivity contribution < 1.29 is 14.3 Å². The number of hydrogen-bond donors (Lipinski definition) is 0. The maximum Gasteiger partial charge on any atom is 0.246 e. The molecular formula is C15H25N3O3. The molecule has 0 saturated carbocycles. The summed E-state index contributed by atoms with van der Waals surface area (Å²) in [5.41, 5.74) is 0. The number of morpholine rings is 1. The smallest absolute Gasteiger partial charge is 0.246 e. The maximum atomic E-state index is 12.7. The number of nitrogens with zero attached hydrogens (tertiary/aromatic N) is 3. The lowest BCUT2D eigenvalue weighted by Gasteiger charge is -2.43. The standard InChI is InChI=1S/C15H25N3O3/c1-3-16-7-8-21-12(9-16)10-18-11(2)14(19)17-6-4-5-13(17)15(18)20/h11-13H,3-10H2,1-2H3. The van der Waals surface area contributed by atoms with Crippen molar-refractivity contribution in [1.82, 2.24) is 14.7 Å². The lowest BCUT2D eigenvalue weighted by molar-refractivity contribution is -0.161. The van der Waals surface area contributed by atoms with Gasteiger partial charge in [0.05, 0.1) is 12.7 Å². The minimum absolute atomic E-state index is 0.0193. The first-order valence-corrected chi connectivity index (χ1v) is 8.06. The highest BCUT2D eigenvalue weighted by Gasteiger charge is 2.46. The molecule has 0 spiro atoms. The van der Waals surface area contributed by atoms with Crippen LogP contribution in [0, 0.1) is 0 Å². The number of carbonyl (C=O) groups excluding carboxylic acids is 2. The molecule has 3 atom stereocenters. The molecule has 0 bridgehead atoms. The third kappa shape index (κ3) is 2.66. The Balaban J connectivity index is 1.69. The molecule has 0 aromatic heterocycles. The van der Waals surface area contributed by atoms with Gasteiger partial charge < -0.3 is 14.5 Å². The van der Waals surface area contributed by atoms with Crippen molar-refractivity contribution in [2.75, 3.05) is 39.3 Å². The molecule has 6 heteroatoms. The van der Waals surface area contributed by atoms with E-state index >= 15 is 0 Å². The van der Waals surface area contributed by atoms with Gasteiger partial charge in [-0.1, -0.05) is 6.92 Å². The van der Waals surface area contributed by atoms with Crippen molar-refractivity contribution in [2.45, 2.75) is 44.9 Å². The number of rotatable bonds is 3. The van der Waals surface area contributed by atoms with Crippen LogP contribution in [0.4, 0.5) is 0 Å². The van der Waals surface area contributed by atoms with Crippen LogP contribution in [-0.4, -0.2) is 84.0 Å². The Labute approximate surface area is 126 Å². The highest BCUT2D eigenvalue weighted by Crippen LogP contribution is 2.27. The van der Waals surface area contributed by atoms with Gasteiger partial charge in [0, 0.05) is 26.2 Å². The summed E-state index contributed by atoms with van der Waals surface area (Å²) in [7, 11) is 0. The quantitative estimate of drug-likeness (QED) is 0.731. The molecule has 3 saturated heterocycles. The number of fused-ring (bicyclic) bond motifs is 1. The third-order valence-electron chi connectivity index (χ3n) is 5.00. The molecule has 3 rings (SSSR count). The molecule has 6 nitrogen and oxygen atoms in total. The van der Waals surface area contributed by atoms with Crippen LogP contribution in [0.2, 0.25) is 0 Å². The van der Waals surface area contributed by atoms with E-state index in [0.717, 1.165) is 39.0 Å². The van der Waals surface area contributed by atoms with Gasteiger partial charge in [0.25, 0.3) is 0 Å². The Morgan fingerprint density at radius 1 is 1.24 bits per heavy atom. The molecule has 0 aromatic carbocycles. The van der Waals surface area contributed by atoms with E-state index in [4.69, 9.17) is 4.74 Å². The zero-order valence-electron chi connectivity index (χ0n) is 13.0. The minimum Gasteiger partial charge on any atom is -0.374 e. The molecule has 0 aliphatic carbocycles. The second-order valence-corrected chi connectivity index (χ2v) is 6.24. The summed E-state index contributed by atoms with van der Waals surface area (Å²) in [5, 5.41) is 0.